The van der Waals surface area contributed by atoms with Crippen LogP contribution in [0.25, 0.3) is 0 Å². The molecule has 1 fully saturated rings. The largest absolute Gasteiger partial charge is 0.393 e. The number of carbonyl (C=O) groups excluding carboxylic acids is 1. The normalized spacial score (nSPS) is 21.7. The Hall–Kier alpha value is -3.39. The van der Waals surface area contributed by atoms with Crippen molar-refractivity contribution in [3.05, 3.63) is 72.2 Å². The predicted octanol–water partition coefficient (Wildman–Crippen LogP) is 3.76. The highest BCUT2D eigenvalue weighted by Gasteiger charge is 2.52. The Labute approximate surface area is 186 Å². The Bertz CT molecular complexity index is 1100. The number of anilines is 3. The molecule has 2 aliphatic rings. The Morgan fingerprint density at radius 1 is 1.16 bits per heavy atom. The van der Waals surface area contributed by atoms with Gasteiger partial charge in [0, 0.05) is 18.4 Å². The Morgan fingerprint density at radius 3 is 2.62 bits per heavy atom. The van der Waals surface area contributed by atoms with Crippen LogP contribution in [0.2, 0.25) is 0 Å². The number of benzene rings is 1. The smallest absolute Gasteiger partial charge is 0.236 e. The molecule has 5 rings (SSSR count). The van der Waals surface area contributed by atoms with Crippen molar-refractivity contribution in [3.8, 4) is 0 Å². The summed E-state index contributed by atoms with van der Waals surface area (Å²) >= 11 is 0. The minimum atomic E-state index is -0.903. The molecule has 1 aromatic carbocycles. The lowest BCUT2D eigenvalue weighted by Crippen LogP contribution is -2.53. The van der Waals surface area contributed by atoms with Gasteiger partial charge in [-0.05, 0) is 68.1 Å². The number of hydrogen-bond donors (Lipinski definition) is 2. The van der Waals surface area contributed by atoms with Crippen LogP contribution in [0, 0.1) is 5.82 Å². The number of aliphatic hydroxyl groups is 1. The summed E-state index contributed by atoms with van der Waals surface area (Å²) in [5.74, 6) is 0.213. The summed E-state index contributed by atoms with van der Waals surface area (Å²) in [4.78, 5) is 28.5. The fourth-order valence-corrected chi connectivity index (χ4v) is 4.44. The lowest BCUT2D eigenvalue weighted by atomic mass is 9.63. The summed E-state index contributed by atoms with van der Waals surface area (Å²) in [5, 5.41) is 12.9. The molecule has 32 heavy (non-hydrogen) atoms. The SMILES string of the molecule is C.O=C(Nc1ccc(F)cc1)C1(c2ccc3c(n2)CCCN3c2ccncn2)CC(O)C1. The molecule has 166 valence electrons. The molecule has 1 amide bonds. The van der Waals surface area contributed by atoms with Gasteiger partial charge >= 0.3 is 0 Å². The van der Waals surface area contributed by atoms with Gasteiger partial charge in [-0.3, -0.25) is 9.78 Å². The molecule has 3 heterocycles. The van der Waals surface area contributed by atoms with Gasteiger partial charge in [0.2, 0.25) is 5.91 Å². The van der Waals surface area contributed by atoms with E-state index in [0.717, 1.165) is 36.6 Å². The number of aliphatic hydroxyl groups excluding tert-OH is 1. The fourth-order valence-electron chi connectivity index (χ4n) is 4.44. The second-order valence-corrected chi connectivity index (χ2v) is 8.09. The third-order valence-electron chi connectivity index (χ3n) is 6.07. The Balaban J connectivity index is 0.00000245. The molecule has 0 unspecified atom stereocenters. The van der Waals surface area contributed by atoms with E-state index < -0.39 is 11.5 Å². The van der Waals surface area contributed by atoms with E-state index in [1.807, 2.05) is 18.2 Å². The van der Waals surface area contributed by atoms with Crippen molar-refractivity contribution in [2.24, 2.45) is 0 Å². The van der Waals surface area contributed by atoms with Crippen LogP contribution >= 0.6 is 0 Å². The third-order valence-corrected chi connectivity index (χ3v) is 6.07. The van der Waals surface area contributed by atoms with Gasteiger partial charge in [-0.25, -0.2) is 14.4 Å². The molecule has 1 aliphatic heterocycles. The van der Waals surface area contributed by atoms with Gasteiger partial charge in [0.15, 0.2) is 0 Å². The maximum Gasteiger partial charge on any atom is 0.236 e. The van der Waals surface area contributed by atoms with Crippen molar-refractivity contribution in [3.63, 3.8) is 0 Å². The Morgan fingerprint density at radius 2 is 1.94 bits per heavy atom. The van der Waals surface area contributed by atoms with Crippen molar-refractivity contribution < 1.29 is 14.3 Å². The molecular weight excluding hydrogens is 409 g/mol. The zero-order chi connectivity index (χ0) is 21.4. The number of nitrogens with zero attached hydrogens (tertiary/aromatic N) is 4. The molecule has 2 N–H and O–H groups in total. The first kappa shape index (κ1) is 21.8. The van der Waals surface area contributed by atoms with Crippen molar-refractivity contribution in [1.82, 2.24) is 15.0 Å². The van der Waals surface area contributed by atoms with E-state index in [1.165, 1.54) is 30.6 Å². The van der Waals surface area contributed by atoms with Crippen LogP contribution in [-0.2, 0) is 16.6 Å². The van der Waals surface area contributed by atoms with Crippen molar-refractivity contribution in [1.29, 1.82) is 0 Å². The highest BCUT2D eigenvalue weighted by atomic mass is 19.1. The van der Waals surface area contributed by atoms with Gasteiger partial charge in [-0.2, -0.15) is 0 Å². The quantitative estimate of drug-likeness (QED) is 0.648. The number of fused-ring (bicyclic) bond motifs is 1. The molecular formula is C24H26FN5O2. The van der Waals surface area contributed by atoms with Gasteiger partial charge in [0.05, 0.1) is 28.6 Å². The average molecular weight is 436 g/mol. The van der Waals surface area contributed by atoms with E-state index in [2.05, 4.69) is 20.2 Å². The standard InChI is InChI=1S/C23H22FN5O2.CH4/c24-15-3-5-16(6-4-15)27-22(31)23(12-17(30)13-23)20-8-7-19-18(28-20)2-1-11-29(19)21-9-10-25-14-26-21;/h3-10,14,17,30H,1-2,11-13H2,(H,27,31);1H4. The lowest BCUT2D eigenvalue weighted by molar-refractivity contribution is -0.129. The number of aryl methyl sites for hydroxylation is 1. The van der Waals surface area contributed by atoms with Crippen LogP contribution in [0.15, 0.2) is 55.0 Å². The summed E-state index contributed by atoms with van der Waals surface area (Å²) in [5.41, 5.74) is 2.15. The Kier molecular flexibility index (Phi) is 5.88. The number of aromatic nitrogens is 3. The van der Waals surface area contributed by atoms with Gasteiger partial charge in [0.1, 0.15) is 18.0 Å². The molecule has 0 atom stereocenters. The van der Waals surface area contributed by atoms with Crippen molar-refractivity contribution in [2.75, 3.05) is 16.8 Å². The number of rotatable bonds is 4. The molecule has 2 aromatic heterocycles. The molecule has 1 saturated carbocycles. The van der Waals surface area contributed by atoms with Gasteiger partial charge in [-0.15, -0.1) is 0 Å². The first-order chi connectivity index (χ1) is 15.0. The minimum Gasteiger partial charge on any atom is -0.393 e. The van der Waals surface area contributed by atoms with Crippen molar-refractivity contribution >= 4 is 23.1 Å². The van der Waals surface area contributed by atoms with E-state index in [4.69, 9.17) is 4.98 Å². The third kappa shape index (κ3) is 3.82. The zero-order valence-corrected chi connectivity index (χ0v) is 16.8. The second-order valence-electron chi connectivity index (χ2n) is 8.09. The van der Waals surface area contributed by atoms with Gasteiger partial charge in [-0.1, -0.05) is 7.43 Å². The number of amides is 1. The number of nitrogens with one attached hydrogen (secondary N) is 1. The highest BCUT2D eigenvalue weighted by molar-refractivity contribution is 5.99. The summed E-state index contributed by atoms with van der Waals surface area (Å²) in [6.07, 6.45) is 5.03. The number of hydrogen-bond acceptors (Lipinski definition) is 6. The molecule has 0 radical (unpaired) electrons. The monoisotopic (exact) mass is 435 g/mol. The number of halogens is 1. The molecule has 0 spiro atoms. The maximum atomic E-state index is 13.2. The highest BCUT2D eigenvalue weighted by Crippen LogP contribution is 2.45. The summed E-state index contributed by atoms with van der Waals surface area (Å²) in [6.45, 7) is 0.833. The van der Waals surface area contributed by atoms with Crippen LogP contribution in [-0.4, -0.2) is 38.6 Å². The van der Waals surface area contributed by atoms with E-state index in [-0.39, 0.29) is 19.2 Å². The van der Waals surface area contributed by atoms with Gasteiger partial charge in [0.25, 0.3) is 0 Å². The molecule has 0 saturated heterocycles. The van der Waals surface area contributed by atoms with Crippen LogP contribution < -0.4 is 10.2 Å². The fraction of sp³-hybridized carbons (Fsp3) is 0.333. The summed E-state index contributed by atoms with van der Waals surface area (Å²) in [6, 6.07) is 11.4. The molecule has 7 nitrogen and oxygen atoms in total. The molecule has 3 aromatic rings. The first-order valence-electron chi connectivity index (χ1n) is 10.3. The van der Waals surface area contributed by atoms with E-state index in [0.29, 0.717) is 24.2 Å². The summed E-state index contributed by atoms with van der Waals surface area (Å²) in [7, 11) is 0. The minimum absolute atomic E-state index is 0. The molecule has 8 heteroatoms. The van der Waals surface area contributed by atoms with E-state index >= 15 is 0 Å². The topological polar surface area (TPSA) is 91.2 Å². The molecule has 1 aliphatic carbocycles. The van der Waals surface area contributed by atoms with Crippen molar-refractivity contribution in [2.45, 2.75) is 44.6 Å². The van der Waals surface area contributed by atoms with Crippen LogP contribution in [0.5, 0.6) is 0 Å². The van der Waals surface area contributed by atoms with Gasteiger partial charge < -0.3 is 15.3 Å². The second kappa shape index (κ2) is 8.63. The van der Waals surface area contributed by atoms with E-state index in [1.54, 1.807) is 6.20 Å². The lowest BCUT2D eigenvalue weighted by Gasteiger charge is -2.44. The predicted molar refractivity (Wildman–Crippen MR) is 120 cm³/mol. The van der Waals surface area contributed by atoms with E-state index in [9.17, 15) is 14.3 Å². The first-order valence-corrected chi connectivity index (χ1v) is 10.3. The maximum absolute atomic E-state index is 13.2. The molecule has 0 bridgehead atoms. The van der Waals surface area contributed by atoms with Crippen LogP contribution in [0.1, 0.15) is 38.1 Å². The average Bonchev–Trinajstić information content (AvgIpc) is 2.78. The summed E-state index contributed by atoms with van der Waals surface area (Å²) < 4.78 is 13.2. The zero-order valence-electron chi connectivity index (χ0n) is 16.8. The number of pyridine rings is 1. The number of carbonyl (C=O) groups is 1. The van der Waals surface area contributed by atoms with Crippen LogP contribution in [0.4, 0.5) is 21.6 Å². The van der Waals surface area contributed by atoms with Crippen LogP contribution in [0.3, 0.4) is 0 Å².